The summed E-state index contributed by atoms with van der Waals surface area (Å²) in [5.41, 5.74) is 3.91. The van der Waals surface area contributed by atoms with Crippen molar-refractivity contribution in [1.82, 2.24) is 15.0 Å². The maximum Gasteiger partial charge on any atom is 0.266 e. The number of phenolic OH excluding ortho intramolecular Hbond substituents is 1. The highest BCUT2D eigenvalue weighted by Crippen LogP contribution is 2.25. The van der Waals surface area contributed by atoms with Crippen molar-refractivity contribution in [2.75, 3.05) is 12.9 Å². The third kappa shape index (κ3) is 5.22. The lowest BCUT2D eigenvalue weighted by molar-refractivity contribution is -0.118. The second-order valence-corrected chi connectivity index (χ2v) is 8.42. The fraction of sp³-hybridized carbons (Fsp3) is 0.0833. The Balaban J connectivity index is 1.54. The van der Waals surface area contributed by atoms with Gasteiger partial charge < -0.3 is 9.84 Å². The van der Waals surface area contributed by atoms with Crippen molar-refractivity contribution in [3.63, 3.8) is 0 Å². The molecule has 0 fully saturated rings. The lowest BCUT2D eigenvalue weighted by Crippen LogP contribution is -2.24. The number of aromatic nitrogens is 2. The molecule has 3 aromatic carbocycles. The Bertz CT molecular complexity index is 1450. The van der Waals surface area contributed by atoms with Crippen LogP contribution in [-0.2, 0) is 4.79 Å². The van der Waals surface area contributed by atoms with Crippen molar-refractivity contribution in [1.29, 1.82) is 0 Å². The highest BCUT2D eigenvalue weighted by molar-refractivity contribution is 7.99. The lowest BCUT2D eigenvalue weighted by atomic mass is 10.2. The van der Waals surface area contributed by atoms with Crippen LogP contribution in [0.3, 0.4) is 0 Å². The molecule has 1 heterocycles. The minimum absolute atomic E-state index is 0.00807. The maximum atomic E-state index is 13.2. The molecule has 0 bridgehead atoms. The van der Waals surface area contributed by atoms with Gasteiger partial charge in [0.25, 0.3) is 11.5 Å². The summed E-state index contributed by atoms with van der Waals surface area (Å²) in [6.45, 7) is 0. The molecule has 172 valence electrons. The van der Waals surface area contributed by atoms with Crippen molar-refractivity contribution < 1.29 is 14.6 Å². The summed E-state index contributed by atoms with van der Waals surface area (Å²) < 4.78 is 6.49. The third-order valence-corrected chi connectivity index (χ3v) is 5.92. The van der Waals surface area contributed by atoms with Crippen LogP contribution in [0.15, 0.2) is 81.8 Å². The molecule has 1 aromatic heterocycles. The molecular formula is C24H19ClN4O4S. The van der Waals surface area contributed by atoms with Crippen LogP contribution < -0.4 is 15.7 Å². The molecular weight excluding hydrogens is 476 g/mol. The first kappa shape index (κ1) is 23.3. The van der Waals surface area contributed by atoms with Crippen molar-refractivity contribution in [2.45, 2.75) is 5.16 Å². The molecule has 1 amide bonds. The zero-order valence-electron chi connectivity index (χ0n) is 17.9. The molecule has 0 radical (unpaired) electrons. The van der Waals surface area contributed by atoms with Gasteiger partial charge in [0.05, 0.1) is 35.7 Å². The van der Waals surface area contributed by atoms with Crippen LogP contribution in [0.1, 0.15) is 5.56 Å². The van der Waals surface area contributed by atoms with E-state index in [1.54, 1.807) is 60.7 Å². The van der Waals surface area contributed by atoms with E-state index in [4.69, 9.17) is 16.3 Å². The number of phenols is 1. The van der Waals surface area contributed by atoms with Gasteiger partial charge in [-0.1, -0.05) is 41.6 Å². The van der Waals surface area contributed by atoms with Gasteiger partial charge in [0, 0.05) is 5.02 Å². The van der Waals surface area contributed by atoms with Gasteiger partial charge in [-0.25, -0.2) is 10.4 Å². The Kier molecular flexibility index (Phi) is 7.15. The van der Waals surface area contributed by atoms with E-state index in [-0.39, 0.29) is 23.0 Å². The number of hydrazone groups is 1. The summed E-state index contributed by atoms with van der Waals surface area (Å²) in [4.78, 5) is 30.2. The van der Waals surface area contributed by atoms with Crippen LogP contribution in [0.25, 0.3) is 16.6 Å². The summed E-state index contributed by atoms with van der Waals surface area (Å²) in [7, 11) is 1.44. The van der Waals surface area contributed by atoms with Crippen molar-refractivity contribution in [3.05, 3.63) is 87.7 Å². The molecule has 0 saturated carbocycles. The number of thioether (sulfide) groups is 1. The highest BCUT2D eigenvalue weighted by atomic mass is 35.5. The monoisotopic (exact) mass is 494 g/mol. The first-order valence-corrected chi connectivity index (χ1v) is 11.4. The first-order valence-electron chi connectivity index (χ1n) is 10.1. The first-order chi connectivity index (χ1) is 16.5. The summed E-state index contributed by atoms with van der Waals surface area (Å²) in [5, 5.41) is 14.9. The Morgan fingerprint density at radius 3 is 2.82 bits per heavy atom. The van der Waals surface area contributed by atoms with Gasteiger partial charge in [0.15, 0.2) is 16.7 Å². The molecule has 0 spiro atoms. The number of halogens is 1. The molecule has 0 unspecified atom stereocenters. The minimum Gasteiger partial charge on any atom is -0.504 e. The van der Waals surface area contributed by atoms with Crippen LogP contribution in [0.2, 0.25) is 5.02 Å². The number of fused-ring (bicyclic) bond motifs is 1. The van der Waals surface area contributed by atoms with Crippen molar-refractivity contribution >= 4 is 46.4 Å². The molecule has 4 aromatic rings. The van der Waals surface area contributed by atoms with E-state index >= 15 is 0 Å². The number of para-hydroxylation sites is 1. The number of benzene rings is 3. The topological polar surface area (TPSA) is 106 Å². The van der Waals surface area contributed by atoms with E-state index in [9.17, 15) is 14.7 Å². The van der Waals surface area contributed by atoms with Gasteiger partial charge in [-0.15, -0.1) is 0 Å². The molecule has 8 nitrogen and oxygen atoms in total. The Morgan fingerprint density at radius 2 is 2.03 bits per heavy atom. The van der Waals surface area contributed by atoms with E-state index in [0.29, 0.717) is 38.1 Å². The molecule has 4 rings (SSSR count). The molecule has 0 aliphatic carbocycles. The molecule has 0 atom stereocenters. The molecule has 0 saturated heterocycles. The fourth-order valence-corrected chi connectivity index (χ4v) is 4.16. The van der Waals surface area contributed by atoms with Crippen LogP contribution in [0, 0.1) is 0 Å². The molecule has 0 aliphatic heterocycles. The number of nitrogens with zero attached hydrogens (tertiary/aromatic N) is 3. The van der Waals surface area contributed by atoms with Gasteiger partial charge in [-0.05, 0) is 54.1 Å². The summed E-state index contributed by atoms with van der Waals surface area (Å²) >= 11 is 7.25. The fourth-order valence-electron chi connectivity index (χ4n) is 3.17. The third-order valence-electron chi connectivity index (χ3n) is 4.75. The second-order valence-electron chi connectivity index (χ2n) is 7.05. The molecule has 2 N–H and O–H groups in total. The largest absolute Gasteiger partial charge is 0.504 e. The van der Waals surface area contributed by atoms with Gasteiger partial charge in [0.2, 0.25) is 0 Å². The van der Waals surface area contributed by atoms with Crippen LogP contribution >= 0.6 is 23.4 Å². The van der Waals surface area contributed by atoms with Crippen molar-refractivity contribution in [3.8, 4) is 17.2 Å². The van der Waals surface area contributed by atoms with E-state index in [0.717, 1.165) is 11.8 Å². The van der Waals surface area contributed by atoms with Gasteiger partial charge in [-0.2, -0.15) is 5.10 Å². The number of rotatable bonds is 7. The predicted molar refractivity (Wildman–Crippen MR) is 133 cm³/mol. The van der Waals surface area contributed by atoms with E-state index in [2.05, 4.69) is 15.5 Å². The number of ether oxygens (including phenoxy) is 1. The standard InChI is InChI=1S/C24H19ClN4O4S/c1-33-21-11-15(9-10-20(21)30)13-26-28-22(31)14-34-24-27-19-8-3-2-7-18(19)23(32)29(24)17-6-4-5-16(25)12-17/h2-13,30H,14H2,1H3,(H,28,31). The number of aromatic hydroxyl groups is 1. The number of hydrogen-bond donors (Lipinski definition) is 2. The Hall–Kier alpha value is -3.82. The lowest BCUT2D eigenvalue weighted by Gasteiger charge is -2.13. The number of carbonyl (C=O) groups is 1. The average Bonchev–Trinajstić information content (AvgIpc) is 2.84. The van der Waals surface area contributed by atoms with Gasteiger partial charge in [0.1, 0.15) is 0 Å². The van der Waals surface area contributed by atoms with Crippen LogP contribution in [-0.4, -0.2) is 39.6 Å². The van der Waals surface area contributed by atoms with Crippen LogP contribution in [0.4, 0.5) is 0 Å². The molecule has 34 heavy (non-hydrogen) atoms. The second kappa shape index (κ2) is 10.4. The summed E-state index contributed by atoms with van der Waals surface area (Å²) in [6, 6.07) is 18.6. The Morgan fingerprint density at radius 1 is 1.21 bits per heavy atom. The highest BCUT2D eigenvalue weighted by Gasteiger charge is 2.15. The summed E-state index contributed by atoms with van der Waals surface area (Å²) in [6.07, 6.45) is 1.43. The maximum absolute atomic E-state index is 13.2. The minimum atomic E-state index is -0.382. The van der Waals surface area contributed by atoms with E-state index in [1.807, 2.05) is 0 Å². The van der Waals surface area contributed by atoms with E-state index < -0.39 is 0 Å². The van der Waals surface area contributed by atoms with Crippen molar-refractivity contribution in [2.24, 2.45) is 5.10 Å². The number of carbonyl (C=O) groups excluding carboxylic acids is 1. The molecule has 10 heteroatoms. The normalized spacial score (nSPS) is 11.1. The van der Waals surface area contributed by atoms with Gasteiger partial charge >= 0.3 is 0 Å². The van der Waals surface area contributed by atoms with Gasteiger partial charge in [-0.3, -0.25) is 14.2 Å². The number of nitrogens with one attached hydrogen (secondary N) is 1. The Labute approximate surface area is 203 Å². The summed E-state index contributed by atoms with van der Waals surface area (Å²) in [5.74, 6) is -0.102. The average molecular weight is 495 g/mol. The SMILES string of the molecule is COc1cc(C=NNC(=O)CSc2nc3ccccc3c(=O)n2-c2cccc(Cl)c2)ccc1O. The molecule has 0 aliphatic rings. The number of methoxy groups -OCH3 is 1. The zero-order chi connectivity index (χ0) is 24.1. The zero-order valence-corrected chi connectivity index (χ0v) is 19.5. The number of hydrogen-bond acceptors (Lipinski definition) is 7. The number of amides is 1. The predicted octanol–water partition coefficient (Wildman–Crippen LogP) is 4.00. The van der Waals surface area contributed by atoms with Crippen LogP contribution in [0.5, 0.6) is 11.5 Å². The quantitative estimate of drug-likeness (QED) is 0.174. The smallest absolute Gasteiger partial charge is 0.266 e. The van der Waals surface area contributed by atoms with E-state index in [1.165, 1.54) is 24.0 Å².